The van der Waals surface area contributed by atoms with Gasteiger partial charge in [-0.3, -0.25) is 0 Å². The molecule has 2 unspecified atom stereocenters. The van der Waals surface area contributed by atoms with Crippen molar-refractivity contribution in [3.8, 4) is 0 Å². The van der Waals surface area contributed by atoms with Gasteiger partial charge in [0.1, 0.15) is 0 Å². The summed E-state index contributed by atoms with van der Waals surface area (Å²) in [5.74, 6) is -0.507. The summed E-state index contributed by atoms with van der Waals surface area (Å²) in [7, 11) is 3.14. The van der Waals surface area contributed by atoms with E-state index < -0.39 is 5.97 Å². The second kappa shape index (κ2) is 6.46. The van der Waals surface area contributed by atoms with Gasteiger partial charge in [-0.15, -0.1) is 0 Å². The Morgan fingerprint density at radius 1 is 1.40 bits per heavy atom. The number of nitrogens with two attached hydrogens (primary N) is 1. The summed E-state index contributed by atoms with van der Waals surface area (Å²) in [6.45, 7) is 2.36. The van der Waals surface area contributed by atoms with Gasteiger partial charge in [0.05, 0.1) is 18.0 Å². The molecule has 2 rings (SSSR count). The topological polar surface area (TPSA) is 65.7 Å². The lowest BCUT2D eigenvalue weighted by atomic mass is 10.2. The lowest BCUT2D eigenvalue weighted by Crippen LogP contribution is -2.34. The Kier molecular flexibility index (Phi) is 5.11. The molecule has 6 heteroatoms. The molecule has 0 heterocycles. The van der Waals surface area contributed by atoms with E-state index in [2.05, 4.69) is 27.9 Å². The maximum atomic E-state index is 5.99. The molecule has 1 fully saturated rings. The van der Waals surface area contributed by atoms with Crippen molar-refractivity contribution in [1.82, 2.24) is 0 Å². The molecular formula is C14H21IN2O3. The van der Waals surface area contributed by atoms with Crippen LogP contribution in [0.3, 0.4) is 0 Å². The highest BCUT2D eigenvalue weighted by atomic mass is 127. The Balaban J connectivity index is 1.81. The monoisotopic (exact) mass is 392 g/mol. The molecule has 3 N–H and O–H groups in total. The third-order valence-electron chi connectivity index (χ3n) is 3.58. The summed E-state index contributed by atoms with van der Waals surface area (Å²) in [4.78, 5) is 0. The number of hydrogen-bond donors (Lipinski definition) is 2. The first-order valence-electron chi connectivity index (χ1n) is 6.53. The number of methoxy groups -OCH3 is 2. The normalized spacial score (nSPS) is 21.8. The van der Waals surface area contributed by atoms with Crippen LogP contribution < -0.4 is 11.1 Å². The Morgan fingerprint density at radius 3 is 2.70 bits per heavy atom. The first kappa shape index (κ1) is 15.8. The van der Waals surface area contributed by atoms with Crippen LogP contribution in [-0.2, 0) is 14.2 Å². The van der Waals surface area contributed by atoms with Gasteiger partial charge in [-0.2, -0.15) is 0 Å². The SMILES string of the molecule is COC(C)(OC)OCC1CC1Nc1ccc(I)cc1N. The molecule has 0 saturated heterocycles. The van der Waals surface area contributed by atoms with E-state index in [0.717, 1.165) is 21.4 Å². The highest BCUT2D eigenvalue weighted by Gasteiger charge is 2.39. The summed E-state index contributed by atoms with van der Waals surface area (Å²) in [5, 5.41) is 3.44. The van der Waals surface area contributed by atoms with Crippen LogP contribution in [0, 0.1) is 9.49 Å². The number of ether oxygens (including phenoxy) is 3. The van der Waals surface area contributed by atoms with Crippen molar-refractivity contribution in [2.24, 2.45) is 5.92 Å². The molecule has 0 bridgehead atoms. The van der Waals surface area contributed by atoms with Gasteiger partial charge in [0.25, 0.3) is 5.97 Å². The second-order valence-corrected chi connectivity index (χ2v) is 6.31. The van der Waals surface area contributed by atoms with Gasteiger partial charge in [0, 0.05) is 36.7 Å². The quantitative estimate of drug-likeness (QED) is 0.424. The van der Waals surface area contributed by atoms with Crippen molar-refractivity contribution in [3.05, 3.63) is 21.8 Å². The lowest BCUT2D eigenvalue weighted by molar-refractivity contribution is -0.351. The number of nitrogen functional groups attached to an aromatic ring is 1. The second-order valence-electron chi connectivity index (χ2n) is 5.06. The molecule has 1 aromatic rings. The van der Waals surface area contributed by atoms with Crippen molar-refractivity contribution in [2.45, 2.75) is 25.4 Å². The lowest BCUT2D eigenvalue weighted by Gasteiger charge is -2.26. The van der Waals surface area contributed by atoms with Gasteiger partial charge in [-0.25, -0.2) is 0 Å². The highest BCUT2D eigenvalue weighted by Crippen LogP contribution is 2.36. The third kappa shape index (κ3) is 3.97. The molecule has 1 aromatic carbocycles. The van der Waals surface area contributed by atoms with Gasteiger partial charge >= 0.3 is 0 Å². The molecule has 5 nitrogen and oxygen atoms in total. The average molecular weight is 392 g/mol. The Morgan fingerprint density at radius 2 is 2.10 bits per heavy atom. The maximum absolute atomic E-state index is 5.99. The zero-order valence-corrected chi connectivity index (χ0v) is 14.1. The van der Waals surface area contributed by atoms with E-state index >= 15 is 0 Å². The fourth-order valence-electron chi connectivity index (χ4n) is 1.93. The number of nitrogens with one attached hydrogen (secondary N) is 1. The van der Waals surface area contributed by atoms with Crippen LogP contribution in [0.1, 0.15) is 13.3 Å². The first-order chi connectivity index (χ1) is 9.47. The standard InChI is InChI=1S/C14H21IN2O3/c1-14(18-2,19-3)20-8-9-6-13(9)17-12-5-4-10(15)7-11(12)16/h4-5,7,9,13,17H,6,8,16H2,1-3H3. The summed E-state index contributed by atoms with van der Waals surface area (Å²) in [6.07, 6.45) is 1.06. The van der Waals surface area contributed by atoms with E-state index in [4.69, 9.17) is 19.9 Å². The minimum Gasteiger partial charge on any atom is -0.397 e. The molecule has 1 aliphatic carbocycles. The first-order valence-corrected chi connectivity index (χ1v) is 7.61. The fourth-order valence-corrected chi connectivity index (χ4v) is 2.45. The number of benzene rings is 1. The molecule has 0 aliphatic heterocycles. The number of halogens is 1. The minimum absolute atomic E-state index is 0.398. The van der Waals surface area contributed by atoms with Gasteiger partial charge in [-0.1, -0.05) is 0 Å². The van der Waals surface area contributed by atoms with Crippen LogP contribution in [0.2, 0.25) is 0 Å². The minimum atomic E-state index is -0.963. The molecule has 0 spiro atoms. The molecule has 112 valence electrons. The number of rotatable bonds is 7. The van der Waals surface area contributed by atoms with Crippen LogP contribution >= 0.6 is 22.6 Å². The zero-order chi connectivity index (χ0) is 14.8. The van der Waals surface area contributed by atoms with Crippen LogP contribution in [-0.4, -0.2) is 32.8 Å². The Bertz CT molecular complexity index is 466. The van der Waals surface area contributed by atoms with Crippen LogP contribution in [0.25, 0.3) is 0 Å². The Labute approximate surface area is 133 Å². The molecule has 20 heavy (non-hydrogen) atoms. The third-order valence-corrected chi connectivity index (χ3v) is 4.25. The molecule has 2 atom stereocenters. The van der Waals surface area contributed by atoms with E-state index in [0.29, 0.717) is 18.6 Å². The predicted molar refractivity (Wildman–Crippen MR) is 87.5 cm³/mol. The molecule has 0 aromatic heterocycles. The molecule has 1 aliphatic rings. The molecule has 0 amide bonds. The molecule has 0 radical (unpaired) electrons. The van der Waals surface area contributed by atoms with Gasteiger partial charge in [0.2, 0.25) is 0 Å². The molecule has 1 saturated carbocycles. The number of hydrogen-bond acceptors (Lipinski definition) is 5. The Hall–Kier alpha value is -0.570. The summed E-state index contributed by atoms with van der Waals surface area (Å²) in [6, 6.07) is 6.42. The van der Waals surface area contributed by atoms with Crippen molar-refractivity contribution < 1.29 is 14.2 Å². The van der Waals surface area contributed by atoms with Crippen LogP contribution in [0.5, 0.6) is 0 Å². The predicted octanol–water partition coefficient (Wildman–Crippen LogP) is 2.66. The summed E-state index contributed by atoms with van der Waals surface area (Å²) in [5.41, 5.74) is 7.76. The van der Waals surface area contributed by atoms with E-state index in [1.54, 1.807) is 21.1 Å². The van der Waals surface area contributed by atoms with E-state index in [9.17, 15) is 0 Å². The van der Waals surface area contributed by atoms with Crippen LogP contribution in [0.15, 0.2) is 18.2 Å². The van der Waals surface area contributed by atoms with E-state index in [-0.39, 0.29) is 0 Å². The van der Waals surface area contributed by atoms with Crippen molar-refractivity contribution >= 4 is 34.0 Å². The van der Waals surface area contributed by atoms with Crippen molar-refractivity contribution in [2.75, 3.05) is 31.9 Å². The van der Waals surface area contributed by atoms with Crippen molar-refractivity contribution in [1.29, 1.82) is 0 Å². The number of anilines is 2. The van der Waals surface area contributed by atoms with Gasteiger partial charge < -0.3 is 25.3 Å². The highest BCUT2D eigenvalue weighted by molar-refractivity contribution is 14.1. The zero-order valence-electron chi connectivity index (χ0n) is 12.0. The van der Waals surface area contributed by atoms with Gasteiger partial charge in [0.15, 0.2) is 0 Å². The summed E-state index contributed by atoms with van der Waals surface area (Å²) >= 11 is 2.25. The fraction of sp³-hybridized carbons (Fsp3) is 0.571. The van der Waals surface area contributed by atoms with Gasteiger partial charge in [-0.05, 0) is 47.2 Å². The maximum Gasteiger partial charge on any atom is 0.279 e. The van der Waals surface area contributed by atoms with Crippen LogP contribution in [0.4, 0.5) is 11.4 Å². The largest absolute Gasteiger partial charge is 0.397 e. The average Bonchev–Trinajstić information content (AvgIpc) is 3.18. The smallest absolute Gasteiger partial charge is 0.279 e. The van der Waals surface area contributed by atoms with E-state index in [1.165, 1.54) is 0 Å². The van der Waals surface area contributed by atoms with E-state index in [1.807, 2.05) is 18.2 Å². The van der Waals surface area contributed by atoms with Crippen molar-refractivity contribution in [3.63, 3.8) is 0 Å². The molecular weight excluding hydrogens is 371 g/mol. The summed E-state index contributed by atoms with van der Waals surface area (Å²) < 4.78 is 17.1.